The fourth-order valence-electron chi connectivity index (χ4n) is 6.24. The van der Waals surface area contributed by atoms with Crippen molar-refractivity contribution in [2.75, 3.05) is 5.32 Å². The molecule has 5 rings (SSSR count). The Bertz CT molecular complexity index is 1420. The Morgan fingerprint density at radius 3 is 2.38 bits per heavy atom. The number of anilines is 1. The number of fused-ring (bicyclic) bond motifs is 1. The Morgan fingerprint density at radius 2 is 1.79 bits per heavy atom. The van der Waals surface area contributed by atoms with E-state index in [-0.39, 0.29) is 28.5 Å². The highest BCUT2D eigenvalue weighted by Gasteiger charge is 2.54. The Balaban J connectivity index is 1.32. The average molecular weight is 568 g/mol. The lowest BCUT2D eigenvalue weighted by atomic mass is 9.86. The van der Waals surface area contributed by atoms with Gasteiger partial charge in [-0.2, -0.15) is 18.3 Å². The summed E-state index contributed by atoms with van der Waals surface area (Å²) in [5, 5.41) is 18.4. The SMILES string of the molecule is Cn1cnc(C2CC3CC(O)(c4cc(C(C)(C)C(F)(F)F)nn4C)CC3C2)c1C(=O)Nc1ccc(F)c(Cl)c1. The zero-order valence-electron chi connectivity index (χ0n) is 22.0. The van der Waals surface area contributed by atoms with Crippen LogP contribution in [0.2, 0.25) is 5.02 Å². The summed E-state index contributed by atoms with van der Waals surface area (Å²) < 4.78 is 57.3. The fourth-order valence-corrected chi connectivity index (χ4v) is 6.42. The molecule has 3 aromatic rings. The van der Waals surface area contributed by atoms with E-state index < -0.39 is 28.9 Å². The largest absolute Gasteiger partial charge is 0.399 e. The second-order valence-corrected chi connectivity index (χ2v) is 11.9. The normalized spacial score (nSPS) is 25.2. The van der Waals surface area contributed by atoms with Gasteiger partial charge >= 0.3 is 6.18 Å². The second kappa shape index (κ2) is 9.33. The van der Waals surface area contributed by atoms with E-state index in [1.807, 2.05) is 0 Å². The van der Waals surface area contributed by atoms with Crippen molar-refractivity contribution in [2.24, 2.45) is 25.9 Å². The summed E-state index contributed by atoms with van der Waals surface area (Å²) in [7, 11) is 3.28. The Hall–Kier alpha value is -2.92. The number of imidazole rings is 1. The number of carbonyl (C=O) groups is 1. The molecule has 12 heteroatoms. The van der Waals surface area contributed by atoms with Crippen LogP contribution in [0.4, 0.5) is 23.2 Å². The molecule has 1 aromatic carbocycles. The number of aromatic nitrogens is 4. The van der Waals surface area contributed by atoms with Crippen LogP contribution in [0.25, 0.3) is 0 Å². The van der Waals surface area contributed by atoms with Crippen molar-refractivity contribution < 1.29 is 27.5 Å². The van der Waals surface area contributed by atoms with Crippen LogP contribution in [-0.4, -0.2) is 36.5 Å². The summed E-state index contributed by atoms with van der Waals surface area (Å²) in [6.07, 6.45) is -0.747. The molecule has 2 fully saturated rings. The van der Waals surface area contributed by atoms with E-state index in [4.69, 9.17) is 11.6 Å². The van der Waals surface area contributed by atoms with Gasteiger partial charge in [-0.1, -0.05) is 11.6 Å². The first kappa shape index (κ1) is 27.6. The average Bonchev–Trinajstić information content (AvgIpc) is 3.57. The minimum atomic E-state index is -4.48. The molecule has 0 bridgehead atoms. The Kier molecular flexibility index (Phi) is 6.61. The van der Waals surface area contributed by atoms with E-state index in [9.17, 15) is 27.5 Å². The standard InChI is InChI=1S/C27H30ClF4N5O2/c1-25(2,27(30,31)32)20-10-21(37(4)35-20)26(39)11-15-7-14(8-16(15)12-26)22-23(36(3)13-33-22)24(38)34-17-5-6-19(29)18(28)9-17/h5-6,9-10,13-16,39H,7-8,11-12H2,1-4H3,(H,34,38). The van der Waals surface area contributed by atoms with Gasteiger partial charge in [-0.05, 0) is 75.6 Å². The monoisotopic (exact) mass is 567 g/mol. The molecule has 2 N–H and O–H groups in total. The van der Waals surface area contributed by atoms with Gasteiger partial charge < -0.3 is 15.0 Å². The fraction of sp³-hybridized carbons (Fsp3) is 0.519. The lowest BCUT2D eigenvalue weighted by Crippen LogP contribution is -2.36. The van der Waals surface area contributed by atoms with E-state index in [0.29, 0.717) is 48.5 Å². The maximum atomic E-state index is 13.6. The molecule has 0 radical (unpaired) electrons. The van der Waals surface area contributed by atoms with Crippen LogP contribution in [-0.2, 0) is 25.1 Å². The van der Waals surface area contributed by atoms with Crippen molar-refractivity contribution in [3.05, 3.63) is 64.2 Å². The molecule has 2 unspecified atom stereocenters. The van der Waals surface area contributed by atoms with Crippen molar-refractivity contribution in [1.82, 2.24) is 19.3 Å². The van der Waals surface area contributed by atoms with Crippen LogP contribution >= 0.6 is 11.6 Å². The molecule has 2 aliphatic carbocycles. The second-order valence-electron chi connectivity index (χ2n) is 11.5. The molecule has 2 aromatic heterocycles. The highest BCUT2D eigenvalue weighted by molar-refractivity contribution is 6.31. The number of halogens is 5. The van der Waals surface area contributed by atoms with Gasteiger partial charge in [0.15, 0.2) is 0 Å². The highest BCUT2D eigenvalue weighted by atomic mass is 35.5. The quantitative estimate of drug-likeness (QED) is 0.380. The van der Waals surface area contributed by atoms with Crippen LogP contribution in [0.3, 0.4) is 0 Å². The molecular weight excluding hydrogens is 538 g/mol. The molecule has 7 nitrogen and oxygen atoms in total. The van der Waals surface area contributed by atoms with E-state index in [0.717, 1.165) is 13.8 Å². The molecule has 2 atom stereocenters. The van der Waals surface area contributed by atoms with Gasteiger partial charge in [0.25, 0.3) is 5.91 Å². The summed E-state index contributed by atoms with van der Waals surface area (Å²) in [4.78, 5) is 17.7. The zero-order valence-corrected chi connectivity index (χ0v) is 22.7. The number of rotatable bonds is 5. The summed E-state index contributed by atoms with van der Waals surface area (Å²) in [5.74, 6) is -0.768. The number of hydrogen-bond acceptors (Lipinski definition) is 4. The molecule has 0 spiro atoms. The molecule has 2 saturated carbocycles. The molecule has 39 heavy (non-hydrogen) atoms. The van der Waals surface area contributed by atoms with Gasteiger partial charge in [0, 0.05) is 25.7 Å². The number of amides is 1. The van der Waals surface area contributed by atoms with Gasteiger partial charge in [-0.25, -0.2) is 9.37 Å². The molecule has 0 aliphatic heterocycles. The predicted octanol–water partition coefficient (Wildman–Crippen LogP) is 5.83. The number of alkyl halides is 3. The lowest BCUT2D eigenvalue weighted by Gasteiger charge is -2.26. The van der Waals surface area contributed by atoms with Gasteiger partial charge in [-0.15, -0.1) is 0 Å². The number of carbonyl (C=O) groups excluding carboxylic acids is 1. The van der Waals surface area contributed by atoms with Crippen LogP contribution in [0.5, 0.6) is 0 Å². The first-order valence-corrected chi connectivity index (χ1v) is 13.1. The minimum Gasteiger partial charge on any atom is -0.384 e. The minimum absolute atomic E-state index is 0.0189. The van der Waals surface area contributed by atoms with Gasteiger partial charge in [0.05, 0.1) is 28.4 Å². The van der Waals surface area contributed by atoms with E-state index in [2.05, 4.69) is 15.4 Å². The summed E-state index contributed by atoms with van der Waals surface area (Å²) >= 11 is 5.84. The van der Waals surface area contributed by atoms with E-state index >= 15 is 0 Å². The first-order chi connectivity index (χ1) is 18.1. The van der Waals surface area contributed by atoms with Crippen molar-refractivity contribution in [3.8, 4) is 0 Å². The molecule has 2 aliphatic rings. The van der Waals surface area contributed by atoms with Crippen LogP contribution < -0.4 is 5.32 Å². The molecule has 2 heterocycles. The smallest absolute Gasteiger partial charge is 0.384 e. The Labute approximate surface area is 228 Å². The number of aryl methyl sites for hydroxylation is 2. The molecule has 1 amide bonds. The third-order valence-corrected chi connectivity index (χ3v) is 8.78. The molecule has 210 valence electrons. The summed E-state index contributed by atoms with van der Waals surface area (Å²) in [5.41, 5.74) is -1.77. The van der Waals surface area contributed by atoms with Gasteiger partial charge in [0.2, 0.25) is 0 Å². The first-order valence-electron chi connectivity index (χ1n) is 12.7. The number of nitrogens with one attached hydrogen (secondary N) is 1. The maximum absolute atomic E-state index is 13.6. The molecule has 0 saturated heterocycles. The Morgan fingerprint density at radius 1 is 1.15 bits per heavy atom. The van der Waals surface area contributed by atoms with Crippen LogP contribution in [0.15, 0.2) is 30.6 Å². The van der Waals surface area contributed by atoms with Crippen molar-refractivity contribution in [2.45, 2.75) is 62.6 Å². The number of benzene rings is 1. The lowest BCUT2D eigenvalue weighted by molar-refractivity contribution is -0.181. The van der Waals surface area contributed by atoms with Crippen LogP contribution in [0, 0.1) is 17.7 Å². The summed E-state index contributed by atoms with van der Waals surface area (Å²) in [6, 6.07) is 5.33. The number of aliphatic hydroxyl groups is 1. The highest BCUT2D eigenvalue weighted by Crippen LogP contribution is 2.57. The van der Waals surface area contributed by atoms with Gasteiger partial charge in [-0.3, -0.25) is 9.48 Å². The van der Waals surface area contributed by atoms with E-state index in [1.54, 1.807) is 25.0 Å². The van der Waals surface area contributed by atoms with E-state index in [1.165, 1.54) is 28.9 Å². The zero-order chi connectivity index (χ0) is 28.5. The molecular formula is C27H30ClF4N5O2. The number of nitrogens with zero attached hydrogens (tertiary/aromatic N) is 4. The van der Waals surface area contributed by atoms with Crippen molar-refractivity contribution in [1.29, 1.82) is 0 Å². The van der Waals surface area contributed by atoms with Crippen molar-refractivity contribution >= 4 is 23.2 Å². The van der Waals surface area contributed by atoms with Crippen molar-refractivity contribution in [3.63, 3.8) is 0 Å². The predicted molar refractivity (Wildman–Crippen MR) is 137 cm³/mol. The third-order valence-electron chi connectivity index (χ3n) is 8.49. The third kappa shape index (κ3) is 4.73. The topological polar surface area (TPSA) is 85.0 Å². The van der Waals surface area contributed by atoms with Gasteiger partial charge in [0.1, 0.15) is 22.5 Å². The summed E-state index contributed by atoms with van der Waals surface area (Å²) in [6.45, 7) is 2.17. The maximum Gasteiger partial charge on any atom is 0.399 e. The number of hydrogen-bond donors (Lipinski definition) is 2. The van der Waals surface area contributed by atoms with Crippen LogP contribution in [0.1, 0.15) is 73.0 Å².